The molecule has 1 aromatic heterocycles. The van der Waals surface area contributed by atoms with Crippen LogP contribution >= 0.6 is 11.6 Å². The molecule has 0 aliphatic carbocycles. The third-order valence-electron chi connectivity index (χ3n) is 4.19. The predicted octanol–water partition coefficient (Wildman–Crippen LogP) is 5.72. The van der Waals surface area contributed by atoms with E-state index in [1.807, 2.05) is 48.5 Å². The molecule has 0 bridgehead atoms. The summed E-state index contributed by atoms with van der Waals surface area (Å²) >= 11 is 5.86. The first-order chi connectivity index (χ1) is 13.7. The van der Waals surface area contributed by atoms with E-state index in [-0.39, 0.29) is 5.91 Å². The van der Waals surface area contributed by atoms with Gasteiger partial charge in [-0.15, -0.1) is 0 Å². The Kier molecular flexibility index (Phi) is 5.22. The summed E-state index contributed by atoms with van der Waals surface area (Å²) in [6, 6.07) is 22.7. The number of halogens is 1. The molecule has 0 spiro atoms. The van der Waals surface area contributed by atoms with Gasteiger partial charge in [0.05, 0.1) is 0 Å². The summed E-state index contributed by atoms with van der Waals surface area (Å²) in [5.74, 6) is 0.426. The number of hydrogen-bond acceptors (Lipinski definition) is 3. The second-order valence-electron chi connectivity index (χ2n) is 6.33. The molecule has 1 heterocycles. The van der Waals surface area contributed by atoms with Crippen molar-refractivity contribution in [3.05, 3.63) is 101 Å². The third-order valence-corrected chi connectivity index (χ3v) is 4.45. The Morgan fingerprint density at radius 3 is 2.61 bits per heavy atom. The molecule has 138 valence electrons. The van der Waals surface area contributed by atoms with Gasteiger partial charge in [0.2, 0.25) is 5.91 Å². The average molecular weight is 389 g/mol. The number of oxazole rings is 1. The number of carbonyl (C=O) groups is 1. The topological polar surface area (TPSA) is 55.1 Å². The molecule has 3 aromatic carbocycles. The summed E-state index contributed by atoms with van der Waals surface area (Å²) in [5, 5.41) is 3.50. The van der Waals surface area contributed by atoms with Crippen LogP contribution in [0, 0.1) is 0 Å². The van der Waals surface area contributed by atoms with Gasteiger partial charge in [0.15, 0.2) is 11.5 Å². The zero-order valence-corrected chi connectivity index (χ0v) is 15.7. The number of benzene rings is 3. The quantitative estimate of drug-likeness (QED) is 0.444. The number of aromatic nitrogens is 1. The van der Waals surface area contributed by atoms with Gasteiger partial charge < -0.3 is 9.73 Å². The fourth-order valence-corrected chi connectivity index (χ4v) is 2.95. The number of amides is 1. The molecule has 0 aliphatic rings. The average Bonchev–Trinajstić information content (AvgIpc) is 3.10. The first-order valence-electron chi connectivity index (χ1n) is 8.84. The molecule has 1 amide bonds. The number of rotatable bonds is 5. The molecular weight excluding hydrogens is 372 g/mol. The van der Waals surface area contributed by atoms with E-state index in [1.165, 1.54) is 6.08 Å². The Bertz CT molecular complexity index is 1130. The van der Waals surface area contributed by atoms with Gasteiger partial charge >= 0.3 is 0 Å². The lowest BCUT2D eigenvalue weighted by molar-refractivity contribution is -0.111. The third kappa shape index (κ3) is 4.48. The fourth-order valence-electron chi connectivity index (χ4n) is 2.83. The summed E-state index contributed by atoms with van der Waals surface area (Å²) in [7, 11) is 0. The standard InChI is InChI=1S/C23H17ClN2O2/c24-18-9-6-16(7-10-18)8-13-22(27)25-19-11-12-21-20(15-19)26-23(28-21)14-17-4-2-1-3-5-17/h1-13,15H,14H2,(H,25,27)/b13-8+. The van der Waals surface area contributed by atoms with Crippen LogP contribution in [0.4, 0.5) is 5.69 Å². The zero-order chi connectivity index (χ0) is 19.3. The lowest BCUT2D eigenvalue weighted by Gasteiger charge is -2.01. The maximum atomic E-state index is 12.2. The Morgan fingerprint density at radius 1 is 1.04 bits per heavy atom. The normalized spacial score (nSPS) is 11.2. The van der Waals surface area contributed by atoms with Crippen LogP contribution < -0.4 is 5.32 Å². The van der Waals surface area contributed by atoms with Crippen molar-refractivity contribution in [1.29, 1.82) is 0 Å². The number of nitrogens with one attached hydrogen (secondary N) is 1. The Morgan fingerprint density at radius 2 is 1.82 bits per heavy atom. The molecule has 0 saturated heterocycles. The summed E-state index contributed by atoms with van der Waals surface area (Å²) in [6.07, 6.45) is 3.84. The zero-order valence-electron chi connectivity index (χ0n) is 14.9. The molecule has 0 radical (unpaired) electrons. The van der Waals surface area contributed by atoms with Gasteiger partial charge in [-0.3, -0.25) is 4.79 Å². The van der Waals surface area contributed by atoms with Gasteiger partial charge in [-0.05, 0) is 47.5 Å². The van der Waals surface area contributed by atoms with Crippen molar-refractivity contribution in [1.82, 2.24) is 4.98 Å². The van der Waals surface area contributed by atoms with Gasteiger partial charge in [-0.25, -0.2) is 4.98 Å². The molecule has 1 N–H and O–H groups in total. The van der Waals surface area contributed by atoms with Crippen LogP contribution in [0.5, 0.6) is 0 Å². The fraction of sp³-hybridized carbons (Fsp3) is 0.0435. The van der Waals surface area contributed by atoms with Crippen molar-refractivity contribution in [3.8, 4) is 0 Å². The number of hydrogen-bond donors (Lipinski definition) is 1. The molecule has 4 aromatic rings. The minimum absolute atomic E-state index is 0.220. The molecule has 4 nitrogen and oxygen atoms in total. The van der Waals surface area contributed by atoms with E-state index in [9.17, 15) is 4.79 Å². The van der Waals surface area contributed by atoms with Crippen molar-refractivity contribution in [2.24, 2.45) is 0 Å². The molecule has 0 atom stereocenters. The van der Waals surface area contributed by atoms with Crippen LogP contribution in [-0.2, 0) is 11.2 Å². The summed E-state index contributed by atoms with van der Waals surface area (Å²) in [4.78, 5) is 16.7. The Hall–Kier alpha value is -3.37. The summed E-state index contributed by atoms with van der Waals surface area (Å²) in [6.45, 7) is 0. The highest BCUT2D eigenvalue weighted by Crippen LogP contribution is 2.21. The lowest BCUT2D eigenvalue weighted by Crippen LogP contribution is -2.07. The number of anilines is 1. The maximum Gasteiger partial charge on any atom is 0.248 e. The first kappa shape index (κ1) is 18.0. The highest BCUT2D eigenvalue weighted by Gasteiger charge is 2.08. The lowest BCUT2D eigenvalue weighted by atomic mass is 10.1. The smallest absolute Gasteiger partial charge is 0.248 e. The van der Waals surface area contributed by atoms with E-state index in [1.54, 1.807) is 30.3 Å². The second-order valence-corrected chi connectivity index (χ2v) is 6.76. The predicted molar refractivity (Wildman–Crippen MR) is 112 cm³/mol. The van der Waals surface area contributed by atoms with Crippen LogP contribution in [0.1, 0.15) is 17.0 Å². The van der Waals surface area contributed by atoms with Gasteiger partial charge in [0.1, 0.15) is 5.52 Å². The van der Waals surface area contributed by atoms with Crippen LogP contribution in [-0.4, -0.2) is 10.9 Å². The van der Waals surface area contributed by atoms with Crippen molar-refractivity contribution in [3.63, 3.8) is 0 Å². The molecule has 4 rings (SSSR count). The van der Waals surface area contributed by atoms with E-state index >= 15 is 0 Å². The number of nitrogens with zero attached hydrogens (tertiary/aromatic N) is 1. The molecule has 0 unspecified atom stereocenters. The monoisotopic (exact) mass is 388 g/mol. The molecule has 5 heteroatoms. The van der Waals surface area contributed by atoms with E-state index in [4.69, 9.17) is 16.0 Å². The minimum atomic E-state index is -0.220. The van der Waals surface area contributed by atoms with Crippen LogP contribution in [0.25, 0.3) is 17.2 Å². The molecule has 0 fully saturated rings. The second kappa shape index (κ2) is 8.11. The van der Waals surface area contributed by atoms with Crippen LogP contribution in [0.2, 0.25) is 5.02 Å². The van der Waals surface area contributed by atoms with Gasteiger partial charge in [0, 0.05) is 23.2 Å². The Labute approximate surface area is 167 Å². The van der Waals surface area contributed by atoms with Crippen LogP contribution in [0.15, 0.2) is 83.3 Å². The largest absolute Gasteiger partial charge is 0.440 e. The number of fused-ring (bicyclic) bond motifs is 1. The van der Waals surface area contributed by atoms with Gasteiger partial charge in [-0.1, -0.05) is 54.1 Å². The SMILES string of the molecule is O=C(/C=C/c1ccc(Cl)cc1)Nc1ccc2oc(Cc3ccccc3)nc2c1. The van der Waals surface area contributed by atoms with E-state index in [0.29, 0.717) is 34.1 Å². The van der Waals surface area contributed by atoms with Crippen LogP contribution in [0.3, 0.4) is 0 Å². The molecule has 0 saturated carbocycles. The molecule has 0 aliphatic heterocycles. The molecule has 28 heavy (non-hydrogen) atoms. The van der Waals surface area contributed by atoms with Crippen molar-refractivity contribution in [2.45, 2.75) is 6.42 Å². The van der Waals surface area contributed by atoms with E-state index < -0.39 is 0 Å². The highest BCUT2D eigenvalue weighted by molar-refractivity contribution is 6.30. The van der Waals surface area contributed by atoms with Gasteiger partial charge in [-0.2, -0.15) is 0 Å². The molecular formula is C23H17ClN2O2. The number of carbonyl (C=O) groups excluding carboxylic acids is 1. The Balaban J connectivity index is 1.45. The minimum Gasteiger partial charge on any atom is -0.440 e. The van der Waals surface area contributed by atoms with E-state index in [2.05, 4.69) is 10.3 Å². The summed E-state index contributed by atoms with van der Waals surface area (Å²) < 4.78 is 5.80. The van der Waals surface area contributed by atoms with Gasteiger partial charge in [0.25, 0.3) is 0 Å². The van der Waals surface area contributed by atoms with E-state index in [0.717, 1.165) is 11.1 Å². The first-order valence-corrected chi connectivity index (χ1v) is 9.21. The maximum absolute atomic E-state index is 12.2. The highest BCUT2D eigenvalue weighted by atomic mass is 35.5. The van der Waals surface area contributed by atoms with Crippen molar-refractivity contribution < 1.29 is 9.21 Å². The van der Waals surface area contributed by atoms with Crippen molar-refractivity contribution in [2.75, 3.05) is 5.32 Å². The van der Waals surface area contributed by atoms with Crippen molar-refractivity contribution >= 4 is 40.4 Å². The summed E-state index contributed by atoms with van der Waals surface area (Å²) in [5.41, 5.74) is 4.11.